The molecule has 0 heterocycles. The molecule has 1 aromatic rings. The van der Waals surface area contributed by atoms with Gasteiger partial charge in [-0.3, -0.25) is 0 Å². The number of rotatable bonds is 9. The van der Waals surface area contributed by atoms with Crippen molar-refractivity contribution in [1.29, 1.82) is 0 Å². The van der Waals surface area contributed by atoms with Gasteiger partial charge in [-0.25, -0.2) is 0 Å². The summed E-state index contributed by atoms with van der Waals surface area (Å²) in [6.45, 7) is 3.39. The summed E-state index contributed by atoms with van der Waals surface area (Å²) in [7, 11) is 0. The lowest BCUT2D eigenvalue weighted by Crippen LogP contribution is -2.21. The van der Waals surface area contributed by atoms with Crippen molar-refractivity contribution in [2.75, 3.05) is 19.0 Å². The van der Waals surface area contributed by atoms with E-state index in [1.54, 1.807) is 0 Å². The first-order valence-corrected chi connectivity index (χ1v) is 7.11. The van der Waals surface area contributed by atoms with Gasteiger partial charge in [-0.15, -0.1) is 0 Å². The van der Waals surface area contributed by atoms with E-state index in [1.807, 2.05) is 31.2 Å². The van der Waals surface area contributed by atoms with Crippen molar-refractivity contribution in [3.05, 3.63) is 24.3 Å². The van der Waals surface area contributed by atoms with Crippen LogP contribution in [0.5, 0.6) is 11.5 Å². The van der Waals surface area contributed by atoms with E-state index in [9.17, 15) is 0 Å². The third kappa shape index (κ3) is 6.17. The Hall–Kier alpha value is -0.870. The zero-order valence-corrected chi connectivity index (χ0v) is 11.9. The first kappa shape index (κ1) is 15.2. The molecular weight excluding hydrogens is 246 g/mol. The molecule has 4 heteroatoms. The van der Waals surface area contributed by atoms with E-state index in [0.717, 1.165) is 43.1 Å². The number of benzene rings is 1. The maximum absolute atomic E-state index is 5.78. The van der Waals surface area contributed by atoms with Crippen molar-refractivity contribution in [3.8, 4) is 11.5 Å². The van der Waals surface area contributed by atoms with Crippen molar-refractivity contribution >= 4 is 12.6 Å². The van der Waals surface area contributed by atoms with Crippen LogP contribution in [0.4, 0.5) is 0 Å². The van der Waals surface area contributed by atoms with Gasteiger partial charge in [0.05, 0.1) is 13.2 Å². The first-order chi connectivity index (χ1) is 8.76. The second kappa shape index (κ2) is 9.11. The van der Waals surface area contributed by atoms with Crippen LogP contribution in [-0.2, 0) is 0 Å². The summed E-state index contributed by atoms with van der Waals surface area (Å²) >= 11 is 4.16. The molecule has 0 unspecified atom stereocenters. The highest BCUT2D eigenvalue weighted by Crippen LogP contribution is 2.17. The van der Waals surface area contributed by atoms with Crippen molar-refractivity contribution < 1.29 is 9.47 Å². The fraction of sp³-hybridized carbons (Fsp3) is 0.571. The molecule has 3 nitrogen and oxygen atoms in total. The molecule has 0 aliphatic carbocycles. The van der Waals surface area contributed by atoms with Crippen molar-refractivity contribution in [2.45, 2.75) is 32.2 Å². The van der Waals surface area contributed by atoms with E-state index in [0.29, 0.717) is 6.61 Å². The Morgan fingerprint density at radius 2 is 1.72 bits per heavy atom. The van der Waals surface area contributed by atoms with Gasteiger partial charge in [0.2, 0.25) is 0 Å². The molecule has 0 spiro atoms. The summed E-state index contributed by atoms with van der Waals surface area (Å²) in [5.74, 6) is 2.52. The van der Waals surface area contributed by atoms with Crippen LogP contribution < -0.4 is 15.2 Å². The molecule has 0 bridgehead atoms. The lowest BCUT2D eigenvalue weighted by Gasteiger charge is -2.09. The van der Waals surface area contributed by atoms with Gasteiger partial charge in [-0.2, -0.15) is 12.6 Å². The minimum Gasteiger partial charge on any atom is -0.494 e. The Kier molecular flexibility index (Phi) is 7.69. The number of hydrogen-bond donors (Lipinski definition) is 2. The van der Waals surface area contributed by atoms with Crippen molar-refractivity contribution in [1.82, 2.24) is 0 Å². The Morgan fingerprint density at radius 3 is 2.28 bits per heavy atom. The highest BCUT2D eigenvalue weighted by molar-refractivity contribution is 7.80. The summed E-state index contributed by atoms with van der Waals surface area (Å²) in [5.41, 5.74) is 5.78. The molecule has 0 saturated heterocycles. The van der Waals surface area contributed by atoms with Crippen LogP contribution in [0.15, 0.2) is 24.3 Å². The Morgan fingerprint density at radius 1 is 1.11 bits per heavy atom. The van der Waals surface area contributed by atoms with Gasteiger partial charge in [0.1, 0.15) is 11.5 Å². The monoisotopic (exact) mass is 269 g/mol. The van der Waals surface area contributed by atoms with E-state index in [4.69, 9.17) is 15.2 Å². The molecule has 18 heavy (non-hydrogen) atoms. The molecular formula is C14H23NO2S. The molecule has 2 N–H and O–H groups in total. The van der Waals surface area contributed by atoms with Crippen LogP contribution in [0.2, 0.25) is 0 Å². The molecule has 0 aliphatic heterocycles. The Balaban J connectivity index is 2.15. The van der Waals surface area contributed by atoms with E-state index in [1.165, 1.54) is 0 Å². The van der Waals surface area contributed by atoms with Gasteiger partial charge < -0.3 is 15.2 Å². The van der Waals surface area contributed by atoms with Crippen LogP contribution in [0.25, 0.3) is 0 Å². The van der Waals surface area contributed by atoms with E-state index >= 15 is 0 Å². The van der Waals surface area contributed by atoms with E-state index in [2.05, 4.69) is 12.6 Å². The maximum atomic E-state index is 5.78. The molecule has 1 rings (SSSR count). The molecule has 0 fully saturated rings. The summed E-state index contributed by atoms with van der Waals surface area (Å²) < 4.78 is 11.0. The minimum atomic E-state index is 0.207. The van der Waals surface area contributed by atoms with Crippen molar-refractivity contribution in [2.24, 2.45) is 5.73 Å². The largest absolute Gasteiger partial charge is 0.494 e. The predicted molar refractivity (Wildman–Crippen MR) is 78.8 cm³/mol. The average Bonchev–Trinajstić information content (AvgIpc) is 2.40. The van der Waals surface area contributed by atoms with Crippen LogP contribution in [0.3, 0.4) is 0 Å². The van der Waals surface area contributed by atoms with E-state index < -0.39 is 0 Å². The normalized spacial score (nSPS) is 12.2. The fourth-order valence-electron chi connectivity index (χ4n) is 1.59. The maximum Gasteiger partial charge on any atom is 0.119 e. The smallest absolute Gasteiger partial charge is 0.119 e. The zero-order valence-electron chi connectivity index (χ0n) is 11.0. The molecule has 0 radical (unpaired) electrons. The third-order valence-electron chi connectivity index (χ3n) is 2.61. The fourth-order valence-corrected chi connectivity index (χ4v) is 1.77. The molecule has 1 aromatic carbocycles. The van der Waals surface area contributed by atoms with Gasteiger partial charge >= 0.3 is 0 Å². The quantitative estimate of drug-likeness (QED) is 0.535. The highest BCUT2D eigenvalue weighted by Gasteiger charge is 1.99. The molecule has 0 amide bonds. The Bertz CT molecular complexity index is 316. The second-order valence-corrected chi connectivity index (χ2v) is 4.56. The lowest BCUT2D eigenvalue weighted by molar-refractivity contribution is 0.302. The lowest BCUT2D eigenvalue weighted by atomic mass is 10.1. The number of ether oxygens (including phenoxy) is 2. The standard InChI is InChI=1S/C14H23NO2S/c1-2-16-13-6-8-14(9-7-13)17-10-4-3-5-12(15)11-18/h6-9,12,18H,2-5,10-11,15H2,1H3/t12-/m1/s1. The summed E-state index contributed by atoms with van der Waals surface area (Å²) in [6.07, 6.45) is 3.11. The molecule has 1 atom stereocenters. The second-order valence-electron chi connectivity index (χ2n) is 4.19. The third-order valence-corrected chi connectivity index (χ3v) is 3.08. The molecule has 102 valence electrons. The van der Waals surface area contributed by atoms with Gasteiger partial charge in [0.15, 0.2) is 0 Å². The summed E-state index contributed by atoms with van der Waals surface area (Å²) in [6, 6.07) is 7.93. The van der Waals surface area contributed by atoms with Crippen LogP contribution >= 0.6 is 12.6 Å². The first-order valence-electron chi connectivity index (χ1n) is 6.48. The number of nitrogens with two attached hydrogens (primary N) is 1. The summed E-state index contributed by atoms with van der Waals surface area (Å²) in [5, 5.41) is 0. The molecule has 0 aliphatic rings. The van der Waals surface area contributed by atoms with Gasteiger partial charge in [0, 0.05) is 11.8 Å². The SMILES string of the molecule is CCOc1ccc(OCCCC[C@@H](N)CS)cc1. The van der Waals surface area contributed by atoms with Gasteiger partial charge in [-0.1, -0.05) is 0 Å². The Labute approximate surface area is 115 Å². The van der Waals surface area contributed by atoms with Crippen LogP contribution in [0.1, 0.15) is 26.2 Å². The zero-order chi connectivity index (χ0) is 13.2. The van der Waals surface area contributed by atoms with Gasteiger partial charge in [-0.05, 0) is 50.5 Å². The minimum absolute atomic E-state index is 0.207. The number of thiol groups is 1. The average molecular weight is 269 g/mol. The number of hydrogen-bond acceptors (Lipinski definition) is 4. The van der Waals surface area contributed by atoms with Gasteiger partial charge in [0.25, 0.3) is 0 Å². The van der Waals surface area contributed by atoms with Crippen molar-refractivity contribution in [3.63, 3.8) is 0 Å². The summed E-state index contributed by atoms with van der Waals surface area (Å²) in [4.78, 5) is 0. The topological polar surface area (TPSA) is 44.5 Å². The predicted octanol–water partition coefficient (Wildman–Crippen LogP) is 2.89. The molecule has 0 saturated carbocycles. The highest BCUT2D eigenvalue weighted by atomic mass is 32.1. The number of unbranched alkanes of at least 4 members (excludes halogenated alkanes) is 1. The van der Waals surface area contributed by atoms with Crippen LogP contribution in [-0.4, -0.2) is 25.0 Å². The molecule has 0 aromatic heterocycles. The van der Waals surface area contributed by atoms with Crippen LogP contribution in [0, 0.1) is 0 Å². The van der Waals surface area contributed by atoms with E-state index in [-0.39, 0.29) is 6.04 Å².